The zero-order valence-corrected chi connectivity index (χ0v) is 12.5. The molecule has 0 aliphatic carbocycles. The Morgan fingerprint density at radius 2 is 2.00 bits per heavy atom. The van der Waals surface area contributed by atoms with Crippen LogP contribution in [0.5, 0.6) is 0 Å². The summed E-state index contributed by atoms with van der Waals surface area (Å²) in [6.07, 6.45) is 2.89. The first-order valence-corrected chi connectivity index (χ1v) is 7.07. The van der Waals surface area contributed by atoms with Gasteiger partial charge in [0.05, 0.1) is 4.75 Å². The number of hydrogen-bond acceptors (Lipinski definition) is 2. The van der Waals surface area contributed by atoms with E-state index in [9.17, 15) is 4.79 Å². The van der Waals surface area contributed by atoms with Gasteiger partial charge in [-0.15, -0.1) is 23.4 Å². The lowest BCUT2D eigenvalue weighted by atomic mass is 9.99. The maximum atomic E-state index is 11.2. The van der Waals surface area contributed by atoms with E-state index in [-0.39, 0.29) is 4.75 Å². The second-order valence-electron chi connectivity index (χ2n) is 4.91. The summed E-state index contributed by atoms with van der Waals surface area (Å²) in [6, 6.07) is 0. The number of thioether (sulfide) groups is 1. The zero-order valence-electron chi connectivity index (χ0n) is 11.0. The number of rotatable bonds is 7. The number of carbonyl (C=O) groups excluding carboxylic acids is 1. The topological polar surface area (TPSA) is 17.1 Å². The fraction of sp³-hybridized carbons (Fsp3) is 0.769. The van der Waals surface area contributed by atoms with Crippen LogP contribution in [0.15, 0.2) is 10.5 Å². The van der Waals surface area contributed by atoms with E-state index in [1.165, 1.54) is 10.5 Å². The summed E-state index contributed by atoms with van der Waals surface area (Å²) in [5.74, 6) is 1.18. The summed E-state index contributed by atoms with van der Waals surface area (Å²) in [5, 5.41) is 0. The van der Waals surface area contributed by atoms with Crippen LogP contribution in [0.4, 0.5) is 0 Å². The van der Waals surface area contributed by atoms with Crippen molar-refractivity contribution in [2.24, 2.45) is 5.92 Å². The van der Waals surface area contributed by atoms with E-state index in [1.54, 1.807) is 11.8 Å². The van der Waals surface area contributed by atoms with Gasteiger partial charge in [0, 0.05) is 5.88 Å². The smallest absolute Gasteiger partial charge is 0.136 e. The fourth-order valence-electron chi connectivity index (χ4n) is 1.68. The normalized spacial score (nSPS) is 16.9. The second-order valence-corrected chi connectivity index (χ2v) is 7.03. The highest BCUT2D eigenvalue weighted by Crippen LogP contribution is 2.37. The van der Waals surface area contributed by atoms with Crippen LogP contribution in [0.1, 0.15) is 47.5 Å². The number of carbonyl (C=O) groups is 1. The molecule has 0 aromatic carbocycles. The van der Waals surface area contributed by atoms with Crippen LogP contribution in [0.2, 0.25) is 0 Å². The lowest BCUT2D eigenvalue weighted by molar-refractivity contribution is -0.109. The third-order valence-electron chi connectivity index (χ3n) is 2.52. The third kappa shape index (κ3) is 5.95. The van der Waals surface area contributed by atoms with Gasteiger partial charge in [-0.05, 0) is 44.4 Å². The molecule has 0 spiro atoms. The van der Waals surface area contributed by atoms with Crippen LogP contribution >= 0.6 is 23.4 Å². The third-order valence-corrected chi connectivity index (χ3v) is 4.09. The molecule has 0 aliphatic rings. The minimum atomic E-state index is -0.300. The van der Waals surface area contributed by atoms with Crippen molar-refractivity contribution in [3.8, 4) is 0 Å². The molecule has 16 heavy (non-hydrogen) atoms. The highest BCUT2D eigenvalue weighted by atomic mass is 35.5. The van der Waals surface area contributed by atoms with E-state index in [0.717, 1.165) is 19.1 Å². The molecule has 94 valence electrons. The summed E-state index contributed by atoms with van der Waals surface area (Å²) in [7, 11) is 0. The molecule has 0 heterocycles. The van der Waals surface area contributed by atoms with E-state index in [4.69, 9.17) is 11.6 Å². The minimum Gasteiger partial charge on any atom is -0.302 e. The molecule has 0 bridgehead atoms. The fourth-order valence-corrected chi connectivity index (χ4v) is 3.40. The van der Waals surface area contributed by atoms with Gasteiger partial charge in [0.15, 0.2) is 0 Å². The number of halogens is 1. The predicted octanol–water partition coefficient (Wildman–Crippen LogP) is 4.65. The summed E-state index contributed by atoms with van der Waals surface area (Å²) in [6.45, 7) is 10.5. The standard InChI is InChI=1S/C13H23ClOS/c1-10(2)8-13(5,9-15)16-12(4)11(3)6-7-14/h9-10H,6-8H2,1-5H3/b12-11+/t13-/m0/s1. The number of hydrogen-bond donors (Lipinski definition) is 0. The minimum absolute atomic E-state index is 0.300. The molecule has 0 fully saturated rings. The number of allylic oxidation sites excluding steroid dienone is 2. The second kappa shape index (κ2) is 7.39. The van der Waals surface area contributed by atoms with Crippen LogP contribution in [-0.4, -0.2) is 16.9 Å². The summed E-state index contributed by atoms with van der Waals surface area (Å²) >= 11 is 7.39. The number of alkyl halides is 1. The van der Waals surface area contributed by atoms with Crippen LogP contribution in [0.25, 0.3) is 0 Å². The van der Waals surface area contributed by atoms with Crippen molar-refractivity contribution >= 4 is 29.6 Å². The molecule has 0 rings (SSSR count). The summed E-state index contributed by atoms with van der Waals surface area (Å²) < 4.78 is -0.300. The Morgan fingerprint density at radius 3 is 2.38 bits per heavy atom. The van der Waals surface area contributed by atoms with Crippen molar-refractivity contribution in [3.05, 3.63) is 10.5 Å². The molecule has 1 nitrogen and oxygen atoms in total. The lowest BCUT2D eigenvalue weighted by Gasteiger charge is -2.25. The van der Waals surface area contributed by atoms with Crippen molar-refractivity contribution < 1.29 is 4.79 Å². The van der Waals surface area contributed by atoms with Gasteiger partial charge < -0.3 is 4.79 Å². The molecule has 0 aromatic heterocycles. The molecular weight excluding hydrogens is 240 g/mol. The van der Waals surface area contributed by atoms with Crippen molar-refractivity contribution in [3.63, 3.8) is 0 Å². The van der Waals surface area contributed by atoms with Gasteiger partial charge in [0.1, 0.15) is 6.29 Å². The molecule has 0 aliphatic heterocycles. The highest BCUT2D eigenvalue weighted by Gasteiger charge is 2.26. The summed E-state index contributed by atoms with van der Waals surface area (Å²) in [5.41, 5.74) is 1.29. The Kier molecular flexibility index (Phi) is 7.41. The van der Waals surface area contributed by atoms with E-state index in [1.807, 2.05) is 6.92 Å². The SMILES string of the molecule is C/C(CCCl)=C(/C)S[C@](C)(C=O)CC(C)C. The average molecular weight is 263 g/mol. The van der Waals surface area contributed by atoms with Crippen molar-refractivity contribution in [1.82, 2.24) is 0 Å². The van der Waals surface area contributed by atoms with Gasteiger partial charge in [-0.25, -0.2) is 0 Å². The maximum Gasteiger partial charge on any atom is 0.136 e. The molecule has 0 N–H and O–H groups in total. The molecular formula is C13H23ClOS. The van der Waals surface area contributed by atoms with Crippen LogP contribution in [-0.2, 0) is 4.79 Å². The van der Waals surface area contributed by atoms with Gasteiger partial charge in [-0.1, -0.05) is 19.4 Å². The first kappa shape index (κ1) is 16.1. The highest BCUT2D eigenvalue weighted by molar-refractivity contribution is 8.05. The van der Waals surface area contributed by atoms with Crippen molar-refractivity contribution in [2.45, 2.75) is 52.2 Å². The zero-order chi connectivity index (χ0) is 12.8. The van der Waals surface area contributed by atoms with Gasteiger partial charge in [0.2, 0.25) is 0 Å². The van der Waals surface area contributed by atoms with Crippen molar-refractivity contribution in [1.29, 1.82) is 0 Å². The van der Waals surface area contributed by atoms with E-state index in [0.29, 0.717) is 11.8 Å². The molecule has 0 saturated heterocycles. The maximum absolute atomic E-state index is 11.2. The van der Waals surface area contributed by atoms with E-state index >= 15 is 0 Å². The Hall–Kier alpha value is 0.0500. The van der Waals surface area contributed by atoms with Gasteiger partial charge in [-0.2, -0.15) is 0 Å². The molecule has 0 aromatic rings. The van der Waals surface area contributed by atoms with Crippen LogP contribution in [0.3, 0.4) is 0 Å². The van der Waals surface area contributed by atoms with E-state index < -0.39 is 0 Å². The molecule has 1 atom stereocenters. The van der Waals surface area contributed by atoms with Crippen molar-refractivity contribution in [2.75, 3.05) is 5.88 Å². The average Bonchev–Trinajstić information content (AvgIpc) is 2.16. The Labute approximate surface area is 109 Å². The molecule has 0 saturated carbocycles. The monoisotopic (exact) mass is 262 g/mol. The molecule has 0 unspecified atom stereocenters. The first-order chi connectivity index (χ1) is 7.34. The quantitative estimate of drug-likeness (QED) is 0.491. The largest absolute Gasteiger partial charge is 0.302 e. The first-order valence-electron chi connectivity index (χ1n) is 5.72. The Bertz CT molecular complexity index is 261. The molecule has 0 radical (unpaired) electrons. The van der Waals surface area contributed by atoms with Crippen LogP contribution < -0.4 is 0 Å². The Morgan fingerprint density at radius 1 is 1.44 bits per heavy atom. The summed E-state index contributed by atoms with van der Waals surface area (Å²) in [4.78, 5) is 12.4. The van der Waals surface area contributed by atoms with Gasteiger partial charge >= 0.3 is 0 Å². The molecule has 3 heteroatoms. The van der Waals surface area contributed by atoms with Gasteiger partial charge in [-0.3, -0.25) is 0 Å². The van der Waals surface area contributed by atoms with Crippen LogP contribution in [0, 0.1) is 5.92 Å². The molecule has 0 amide bonds. The number of aldehydes is 1. The lowest BCUT2D eigenvalue weighted by Crippen LogP contribution is -2.24. The van der Waals surface area contributed by atoms with Gasteiger partial charge in [0.25, 0.3) is 0 Å². The predicted molar refractivity (Wildman–Crippen MR) is 75.2 cm³/mol. The van der Waals surface area contributed by atoms with E-state index in [2.05, 4.69) is 27.7 Å². The Balaban J connectivity index is 4.64.